The number of rotatable bonds is 5. The molecule has 2 aromatic rings. The summed E-state index contributed by atoms with van der Waals surface area (Å²) in [5, 5.41) is 7.85. The van der Waals surface area contributed by atoms with E-state index in [9.17, 15) is 0 Å². The quantitative estimate of drug-likeness (QED) is 0.824. The fourth-order valence-electron chi connectivity index (χ4n) is 1.94. The van der Waals surface area contributed by atoms with Gasteiger partial charge in [-0.15, -0.1) is 10.2 Å². The molecule has 2 aromatic heterocycles. The van der Waals surface area contributed by atoms with Gasteiger partial charge in [-0.05, 0) is 38.6 Å². The zero-order chi connectivity index (χ0) is 13.8. The van der Waals surface area contributed by atoms with Gasteiger partial charge in [-0.25, -0.2) is 0 Å². The van der Waals surface area contributed by atoms with Crippen LogP contribution in [0, 0.1) is 13.8 Å². The summed E-state index contributed by atoms with van der Waals surface area (Å²) in [5.41, 5.74) is 2.36. The molecule has 0 aliphatic carbocycles. The lowest BCUT2D eigenvalue weighted by Crippen LogP contribution is -2.30. The van der Waals surface area contributed by atoms with Crippen molar-refractivity contribution in [1.29, 1.82) is 0 Å². The van der Waals surface area contributed by atoms with Gasteiger partial charge in [0.05, 0.1) is 6.54 Å². The molecule has 2 heterocycles. The van der Waals surface area contributed by atoms with E-state index in [1.807, 2.05) is 12.3 Å². The Hall–Kier alpha value is -1.75. The molecule has 0 aromatic carbocycles. The third-order valence-corrected chi connectivity index (χ3v) is 3.18. The maximum absolute atomic E-state index is 5.39. The topological polar surface area (TPSA) is 55.1 Å². The molecular formula is C14H20N4O. The van der Waals surface area contributed by atoms with Gasteiger partial charge in [-0.2, -0.15) is 0 Å². The van der Waals surface area contributed by atoms with Crippen molar-refractivity contribution >= 4 is 0 Å². The minimum absolute atomic E-state index is 0.363. The van der Waals surface area contributed by atoms with Crippen LogP contribution in [0.1, 0.15) is 30.0 Å². The van der Waals surface area contributed by atoms with Crippen molar-refractivity contribution in [3.8, 4) is 0 Å². The molecule has 19 heavy (non-hydrogen) atoms. The van der Waals surface area contributed by atoms with Gasteiger partial charge >= 0.3 is 0 Å². The fourth-order valence-corrected chi connectivity index (χ4v) is 1.94. The zero-order valence-electron chi connectivity index (χ0n) is 11.9. The standard InChI is InChI=1S/C14H20N4O/c1-10-5-6-15-13(7-10)8-11(2)18(4)9-14-17-16-12(3)19-14/h5-7,11H,8-9H2,1-4H3/t11-/m0/s1. The SMILES string of the molecule is Cc1ccnc(C[C@H](C)N(C)Cc2nnc(C)o2)c1. The molecule has 0 fully saturated rings. The van der Waals surface area contributed by atoms with E-state index < -0.39 is 0 Å². The summed E-state index contributed by atoms with van der Waals surface area (Å²) in [4.78, 5) is 6.59. The number of aryl methyl sites for hydroxylation is 2. The molecule has 0 aliphatic rings. The Morgan fingerprint density at radius 3 is 2.74 bits per heavy atom. The third kappa shape index (κ3) is 3.86. The summed E-state index contributed by atoms with van der Waals surface area (Å²) in [7, 11) is 2.06. The summed E-state index contributed by atoms with van der Waals surface area (Å²) in [6, 6.07) is 4.50. The van der Waals surface area contributed by atoms with Crippen LogP contribution in [0.25, 0.3) is 0 Å². The first-order valence-electron chi connectivity index (χ1n) is 6.45. The number of aromatic nitrogens is 3. The Balaban J connectivity index is 1.93. The van der Waals surface area contributed by atoms with Crippen LogP contribution in [0.5, 0.6) is 0 Å². The minimum Gasteiger partial charge on any atom is -0.424 e. The molecule has 0 spiro atoms. The van der Waals surface area contributed by atoms with E-state index in [0.717, 1.165) is 12.1 Å². The van der Waals surface area contributed by atoms with Crippen LogP contribution >= 0.6 is 0 Å². The molecule has 5 nitrogen and oxygen atoms in total. The molecule has 0 saturated carbocycles. The summed E-state index contributed by atoms with van der Waals surface area (Å²) < 4.78 is 5.39. The summed E-state index contributed by atoms with van der Waals surface area (Å²) in [6.07, 6.45) is 2.77. The van der Waals surface area contributed by atoms with Crippen LogP contribution < -0.4 is 0 Å². The van der Waals surface area contributed by atoms with Crippen LogP contribution in [-0.2, 0) is 13.0 Å². The van der Waals surface area contributed by atoms with E-state index in [1.165, 1.54) is 5.56 Å². The second-order valence-electron chi connectivity index (χ2n) is 5.01. The lowest BCUT2D eigenvalue weighted by Gasteiger charge is -2.22. The van der Waals surface area contributed by atoms with Gasteiger partial charge in [-0.3, -0.25) is 9.88 Å². The average molecular weight is 260 g/mol. The first-order valence-corrected chi connectivity index (χ1v) is 6.45. The number of nitrogens with zero attached hydrogens (tertiary/aromatic N) is 4. The zero-order valence-corrected chi connectivity index (χ0v) is 11.9. The molecule has 0 bridgehead atoms. The van der Waals surface area contributed by atoms with Gasteiger partial charge in [-0.1, -0.05) is 0 Å². The minimum atomic E-state index is 0.363. The Morgan fingerprint density at radius 1 is 1.32 bits per heavy atom. The van der Waals surface area contributed by atoms with Gasteiger partial charge in [0.1, 0.15) is 0 Å². The van der Waals surface area contributed by atoms with Crippen LogP contribution in [0.4, 0.5) is 0 Å². The summed E-state index contributed by atoms with van der Waals surface area (Å²) in [6.45, 7) is 6.72. The molecule has 0 N–H and O–H groups in total. The highest BCUT2D eigenvalue weighted by atomic mass is 16.4. The van der Waals surface area contributed by atoms with Gasteiger partial charge in [0, 0.05) is 31.3 Å². The van der Waals surface area contributed by atoms with E-state index in [-0.39, 0.29) is 0 Å². The first-order chi connectivity index (χ1) is 9.04. The predicted molar refractivity (Wildman–Crippen MR) is 72.6 cm³/mol. The van der Waals surface area contributed by atoms with E-state index in [2.05, 4.69) is 47.0 Å². The molecule has 0 unspecified atom stereocenters. The molecule has 0 saturated heterocycles. The number of likely N-dealkylation sites (N-methyl/N-ethyl adjacent to an activating group) is 1. The van der Waals surface area contributed by atoms with E-state index in [4.69, 9.17) is 4.42 Å². The maximum Gasteiger partial charge on any atom is 0.230 e. The van der Waals surface area contributed by atoms with Gasteiger partial charge < -0.3 is 4.42 Å². The van der Waals surface area contributed by atoms with Gasteiger partial charge in [0.25, 0.3) is 0 Å². The van der Waals surface area contributed by atoms with Crippen molar-refractivity contribution in [2.45, 2.75) is 39.8 Å². The average Bonchev–Trinajstić information content (AvgIpc) is 2.74. The smallest absolute Gasteiger partial charge is 0.230 e. The number of hydrogen-bond acceptors (Lipinski definition) is 5. The molecule has 0 amide bonds. The molecule has 0 aliphatic heterocycles. The largest absolute Gasteiger partial charge is 0.424 e. The number of hydrogen-bond donors (Lipinski definition) is 0. The predicted octanol–water partition coefficient (Wildman–Crippen LogP) is 2.14. The molecule has 0 radical (unpaired) electrons. The second-order valence-corrected chi connectivity index (χ2v) is 5.01. The highest BCUT2D eigenvalue weighted by Crippen LogP contribution is 2.10. The Morgan fingerprint density at radius 2 is 2.11 bits per heavy atom. The van der Waals surface area contributed by atoms with Crippen molar-refractivity contribution in [3.63, 3.8) is 0 Å². The molecule has 2 rings (SSSR count). The monoisotopic (exact) mass is 260 g/mol. The van der Waals surface area contributed by atoms with E-state index >= 15 is 0 Å². The lowest BCUT2D eigenvalue weighted by molar-refractivity contribution is 0.222. The maximum atomic E-state index is 5.39. The first kappa shape index (κ1) is 13.7. The molecular weight excluding hydrogens is 240 g/mol. The van der Waals surface area contributed by atoms with E-state index in [1.54, 1.807) is 6.92 Å². The van der Waals surface area contributed by atoms with Crippen molar-refractivity contribution in [2.75, 3.05) is 7.05 Å². The highest BCUT2D eigenvalue weighted by Gasteiger charge is 2.14. The molecule has 1 atom stereocenters. The molecule has 5 heteroatoms. The third-order valence-electron chi connectivity index (χ3n) is 3.18. The van der Waals surface area contributed by atoms with Gasteiger partial charge in [0.2, 0.25) is 11.8 Å². The van der Waals surface area contributed by atoms with Crippen molar-refractivity contribution < 1.29 is 4.42 Å². The van der Waals surface area contributed by atoms with Crippen molar-refractivity contribution in [2.24, 2.45) is 0 Å². The molecule has 102 valence electrons. The normalized spacial score (nSPS) is 12.9. The van der Waals surface area contributed by atoms with Crippen molar-refractivity contribution in [3.05, 3.63) is 41.4 Å². The Kier molecular flexibility index (Phi) is 4.27. The van der Waals surface area contributed by atoms with Crippen LogP contribution in [0.15, 0.2) is 22.7 Å². The summed E-state index contributed by atoms with van der Waals surface area (Å²) in [5.74, 6) is 1.26. The van der Waals surface area contributed by atoms with Gasteiger partial charge in [0.15, 0.2) is 0 Å². The van der Waals surface area contributed by atoms with Crippen LogP contribution in [0.3, 0.4) is 0 Å². The van der Waals surface area contributed by atoms with Crippen molar-refractivity contribution in [1.82, 2.24) is 20.1 Å². The lowest BCUT2D eigenvalue weighted by atomic mass is 10.1. The van der Waals surface area contributed by atoms with Crippen LogP contribution in [0.2, 0.25) is 0 Å². The number of pyridine rings is 1. The summed E-state index contributed by atoms with van der Waals surface area (Å²) >= 11 is 0. The van der Waals surface area contributed by atoms with E-state index in [0.29, 0.717) is 24.4 Å². The fraction of sp³-hybridized carbons (Fsp3) is 0.500. The van der Waals surface area contributed by atoms with Crippen LogP contribution in [-0.4, -0.2) is 33.2 Å². The second kappa shape index (κ2) is 5.93. The Bertz CT molecular complexity index is 538. The highest BCUT2D eigenvalue weighted by molar-refractivity contribution is 5.15. The Labute approximate surface area is 113 Å².